The number of aromatic nitrogens is 4. The van der Waals surface area contributed by atoms with Gasteiger partial charge in [0.15, 0.2) is 5.65 Å². The Kier molecular flexibility index (Phi) is 2.68. The Morgan fingerprint density at radius 1 is 1.39 bits per heavy atom. The highest BCUT2D eigenvalue weighted by Crippen LogP contribution is 2.22. The standard InChI is InChI=1S/C11H10ClN5S/c1-6-14-4-8(18-6)5-17-10-9(16-11(17)13)2-7(12)3-15-10/h2-4H,5H2,1H3,(H2,13,16). The molecule has 0 saturated heterocycles. The predicted molar refractivity (Wildman–Crippen MR) is 72.9 cm³/mol. The minimum atomic E-state index is 0.436. The molecule has 0 saturated carbocycles. The average molecular weight is 280 g/mol. The zero-order valence-electron chi connectivity index (χ0n) is 9.59. The van der Waals surface area contributed by atoms with Crippen molar-refractivity contribution in [2.24, 2.45) is 0 Å². The number of hydrogen-bond donors (Lipinski definition) is 1. The lowest BCUT2D eigenvalue weighted by Gasteiger charge is -2.02. The fourth-order valence-electron chi connectivity index (χ4n) is 1.79. The third-order valence-electron chi connectivity index (χ3n) is 2.56. The molecule has 0 atom stereocenters. The highest BCUT2D eigenvalue weighted by Gasteiger charge is 2.11. The van der Waals surface area contributed by atoms with Gasteiger partial charge in [-0.15, -0.1) is 11.3 Å². The number of nitrogens with zero attached hydrogens (tertiary/aromatic N) is 4. The van der Waals surface area contributed by atoms with Gasteiger partial charge in [0, 0.05) is 17.3 Å². The Hall–Kier alpha value is -1.66. The first-order valence-corrected chi connectivity index (χ1v) is 6.51. The van der Waals surface area contributed by atoms with E-state index in [1.54, 1.807) is 23.6 Å². The highest BCUT2D eigenvalue weighted by atomic mass is 35.5. The van der Waals surface area contributed by atoms with E-state index in [-0.39, 0.29) is 0 Å². The number of nitrogen functional groups attached to an aromatic ring is 1. The van der Waals surface area contributed by atoms with Gasteiger partial charge >= 0.3 is 0 Å². The molecule has 0 radical (unpaired) electrons. The van der Waals surface area contributed by atoms with Crippen LogP contribution in [0.5, 0.6) is 0 Å². The summed E-state index contributed by atoms with van der Waals surface area (Å²) in [6, 6.07) is 1.76. The second-order valence-corrected chi connectivity index (χ2v) is 5.65. The largest absolute Gasteiger partial charge is 0.369 e. The topological polar surface area (TPSA) is 69.6 Å². The molecule has 5 nitrogen and oxygen atoms in total. The molecule has 7 heteroatoms. The van der Waals surface area contributed by atoms with Gasteiger partial charge in [0.25, 0.3) is 0 Å². The van der Waals surface area contributed by atoms with Crippen molar-refractivity contribution < 1.29 is 0 Å². The molecule has 0 aliphatic heterocycles. The number of hydrogen-bond acceptors (Lipinski definition) is 5. The Bertz CT molecular complexity index is 717. The molecule has 3 aromatic heterocycles. The van der Waals surface area contributed by atoms with Crippen molar-refractivity contribution in [1.82, 2.24) is 19.5 Å². The van der Waals surface area contributed by atoms with Gasteiger partial charge < -0.3 is 5.73 Å². The summed E-state index contributed by atoms with van der Waals surface area (Å²) < 4.78 is 1.86. The smallest absolute Gasteiger partial charge is 0.202 e. The van der Waals surface area contributed by atoms with Crippen LogP contribution in [-0.4, -0.2) is 19.5 Å². The van der Waals surface area contributed by atoms with Crippen molar-refractivity contribution in [3.8, 4) is 0 Å². The molecule has 3 aromatic rings. The van der Waals surface area contributed by atoms with E-state index in [0.29, 0.717) is 23.0 Å². The Morgan fingerprint density at radius 2 is 2.22 bits per heavy atom. The predicted octanol–water partition coefficient (Wildman–Crippen LogP) is 2.48. The molecule has 0 aromatic carbocycles. The number of halogens is 1. The molecule has 92 valence electrons. The van der Waals surface area contributed by atoms with E-state index in [1.807, 2.05) is 17.7 Å². The number of thiazole rings is 1. The van der Waals surface area contributed by atoms with E-state index in [2.05, 4.69) is 15.0 Å². The molecule has 0 spiro atoms. The highest BCUT2D eigenvalue weighted by molar-refractivity contribution is 7.11. The Labute approximate surface area is 112 Å². The minimum absolute atomic E-state index is 0.436. The maximum absolute atomic E-state index is 5.91. The van der Waals surface area contributed by atoms with Crippen LogP contribution in [0.2, 0.25) is 5.02 Å². The average Bonchev–Trinajstić information content (AvgIpc) is 2.84. The van der Waals surface area contributed by atoms with Crippen LogP contribution >= 0.6 is 22.9 Å². The summed E-state index contributed by atoms with van der Waals surface area (Å²) in [5.41, 5.74) is 7.36. The van der Waals surface area contributed by atoms with Crippen molar-refractivity contribution in [2.75, 3.05) is 5.73 Å². The van der Waals surface area contributed by atoms with E-state index < -0.39 is 0 Å². The number of nitrogens with two attached hydrogens (primary N) is 1. The second-order valence-electron chi connectivity index (χ2n) is 3.90. The van der Waals surface area contributed by atoms with E-state index in [9.17, 15) is 0 Å². The normalized spacial score (nSPS) is 11.2. The molecule has 0 bridgehead atoms. The van der Waals surface area contributed by atoms with Crippen molar-refractivity contribution in [2.45, 2.75) is 13.5 Å². The lowest BCUT2D eigenvalue weighted by atomic mass is 10.4. The maximum atomic E-state index is 5.91. The molecule has 0 unspecified atom stereocenters. The third kappa shape index (κ3) is 1.93. The fraction of sp³-hybridized carbons (Fsp3) is 0.182. The molecule has 3 heterocycles. The molecule has 0 aliphatic carbocycles. The van der Waals surface area contributed by atoms with Crippen LogP contribution in [0.15, 0.2) is 18.5 Å². The van der Waals surface area contributed by atoms with Crippen LogP contribution < -0.4 is 5.73 Å². The zero-order chi connectivity index (χ0) is 12.7. The van der Waals surface area contributed by atoms with Crippen LogP contribution in [0.25, 0.3) is 11.2 Å². The van der Waals surface area contributed by atoms with Crippen LogP contribution in [0.1, 0.15) is 9.88 Å². The Balaban J connectivity index is 2.08. The maximum Gasteiger partial charge on any atom is 0.202 e. The molecule has 2 N–H and O–H groups in total. The number of anilines is 1. The van der Waals surface area contributed by atoms with Gasteiger partial charge in [-0.3, -0.25) is 4.57 Å². The number of imidazole rings is 1. The van der Waals surface area contributed by atoms with Crippen LogP contribution in [0, 0.1) is 6.92 Å². The summed E-state index contributed by atoms with van der Waals surface area (Å²) in [6.07, 6.45) is 3.45. The summed E-state index contributed by atoms with van der Waals surface area (Å²) in [4.78, 5) is 13.9. The van der Waals surface area contributed by atoms with Crippen molar-refractivity contribution in [3.63, 3.8) is 0 Å². The monoisotopic (exact) mass is 279 g/mol. The molecule has 3 rings (SSSR count). The third-order valence-corrected chi connectivity index (χ3v) is 3.67. The van der Waals surface area contributed by atoms with Crippen molar-refractivity contribution in [1.29, 1.82) is 0 Å². The summed E-state index contributed by atoms with van der Waals surface area (Å²) >= 11 is 7.52. The van der Waals surface area contributed by atoms with E-state index >= 15 is 0 Å². The summed E-state index contributed by atoms with van der Waals surface area (Å²) in [5.74, 6) is 0.436. The molecule has 18 heavy (non-hydrogen) atoms. The number of aryl methyl sites for hydroxylation is 1. The first kappa shape index (κ1) is 11.4. The summed E-state index contributed by atoms with van der Waals surface area (Å²) in [5, 5.41) is 1.59. The molecule has 0 amide bonds. The van der Waals surface area contributed by atoms with Gasteiger partial charge in [-0.1, -0.05) is 11.6 Å². The van der Waals surface area contributed by atoms with Gasteiger partial charge in [0.05, 0.1) is 16.6 Å². The molecule has 0 aliphatic rings. The second kappa shape index (κ2) is 4.22. The van der Waals surface area contributed by atoms with Crippen LogP contribution in [0.4, 0.5) is 5.95 Å². The lowest BCUT2D eigenvalue weighted by Crippen LogP contribution is -2.04. The molecule has 0 fully saturated rings. The van der Waals surface area contributed by atoms with E-state index in [1.165, 1.54) is 0 Å². The molecular weight excluding hydrogens is 270 g/mol. The minimum Gasteiger partial charge on any atom is -0.369 e. The fourth-order valence-corrected chi connectivity index (χ4v) is 2.73. The van der Waals surface area contributed by atoms with Crippen molar-refractivity contribution in [3.05, 3.63) is 33.4 Å². The Morgan fingerprint density at radius 3 is 2.94 bits per heavy atom. The number of fused-ring (bicyclic) bond motifs is 1. The van der Waals surface area contributed by atoms with Crippen molar-refractivity contribution >= 4 is 40.0 Å². The number of rotatable bonds is 2. The lowest BCUT2D eigenvalue weighted by molar-refractivity contribution is 0.839. The molecular formula is C11H10ClN5S. The van der Waals surface area contributed by atoms with Gasteiger partial charge in [-0.25, -0.2) is 15.0 Å². The number of pyridine rings is 1. The summed E-state index contributed by atoms with van der Waals surface area (Å²) in [7, 11) is 0. The SMILES string of the molecule is Cc1ncc(Cn2c(N)nc3cc(Cl)cnc32)s1. The van der Waals surface area contributed by atoms with Crippen LogP contribution in [0.3, 0.4) is 0 Å². The van der Waals surface area contributed by atoms with Gasteiger partial charge in [0.1, 0.15) is 5.52 Å². The van der Waals surface area contributed by atoms with Gasteiger partial charge in [-0.05, 0) is 13.0 Å². The van der Waals surface area contributed by atoms with Crippen LogP contribution in [-0.2, 0) is 6.54 Å². The quantitative estimate of drug-likeness (QED) is 0.782. The van der Waals surface area contributed by atoms with Gasteiger partial charge in [0.2, 0.25) is 5.95 Å². The first-order valence-electron chi connectivity index (χ1n) is 5.32. The summed E-state index contributed by atoms with van der Waals surface area (Å²) in [6.45, 7) is 2.60. The van der Waals surface area contributed by atoms with Gasteiger partial charge in [-0.2, -0.15) is 0 Å². The first-order chi connectivity index (χ1) is 8.63. The van der Waals surface area contributed by atoms with E-state index in [0.717, 1.165) is 15.5 Å². The van der Waals surface area contributed by atoms with E-state index in [4.69, 9.17) is 17.3 Å². The zero-order valence-corrected chi connectivity index (χ0v) is 11.2.